The Bertz CT molecular complexity index is 1210. The van der Waals surface area contributed by atoms with Crippen molar-refractivity contribution in [3.05, 3.63) is 82.0 Å². The average molecular weight is 462 g/mol. The fourth-order valence-electron chi connectivity index (χ4n) is 3.99. The molecular formula is C27H31N3O4. The van der Waals surface area contributed by atoms with Gasteiger partial charge in [-0.05, 0) is 61.6 Å². The maximum absolute atomic E-state index is 12.7. The molecule has 7 nitrogen and oxygen atoms in total. The van der Waals surface area contributed by atoms with Gasteiger partial charge >= 0.3 is 5.97 Å². The molecule has 0 aliphatic heterocycles. The first-order valence-corrected chi connectivity index (χ1v) is 11.5. The van der Waals surface area contributed by atoms with E-state index < -0.39 is 12.0 Å². The summed E-state index contributed by atoms with van der Waals surface area (Å²) < 4.78 is 6.89. The minimum absolute atomic E-state index is 0.000994. The van der Waals surface area contributed by atoms with E-state index in [2.05, 4.69) is 10.3 Å². The van der Waals surface area contributed by atoms with Crippen LogP contribution in [0.3, 0.4) is 0 Å². The van der Waals surface area contributed by atoms with Crippen molar-refractivity contribution in [2.45, 2.75) is 53.0 Å². The molecule has 0 bridgehead atoms. The maximum atomic E-state index is 12.7. The Balaban J connectivity index is 1.60. The highest BCUT2D eigenvalue weighted by atomic mass is 16.5. The zero-order chi connectivity index (χ0) is 24.7. The molecule has 7 heteroatoms. The number of amides is 1. The zero-order valence-electron chi connectivity index (χ0n) is 20.1. The third-order valence-corrected chi connectivity index (χ3v) is 5.65. The molecule has 2 aromatic heterocycles. The largest absolute Gasteiger partial charge is 0.425 e. The SMILES string of the molecule is CCCC(C(=O)NCCC(=O)Oc1cncc(-c2c(C)cccc2C)c1)n1ccc(C)cc1=O. The van der Waals surface area contributed by atoms with Crippen LogP contribution in [0.4, 0.5) is 0 Å². The molecule has 0 fully saturated rings. The van der Waals surface area contributed by atoms with Crippen LogP contribution in [0, 0.1) is 20.8 Å². The van der Waals surface area contributed by atoms with Gasteiger partial charge in [0.25, 0.3) is 5.56 Å². The van der Waals surface area contributed by atoms with Crippen molar-refractivity contribution >= 4 is 11.9 Å². The summed E-state index contributed by atoms with van der Waals surface area (Å²) in [5, 5.41) is 2.76. The van der Waals surface area contributed by atoms with Crippen molar-refractivity contribution in [3.63, 3.8) is 0 Å². The van der Waals surface area contributed by atoms with Gasteiger partial charge in [-0.3, -0.25) is 19.4 Å². The molecule has 0 saturated heterocycles. The number of pyridine rings is 2. The van der Waals surface area contributed by atoms with Crippen molar-refractivity contribution < 1.29 is 14.3 Å². The third kappa shape index (κ3) is 6.19. The Hall–Kier alpha value is -3.74. The second-order valence-electron chi connectivity index (χ2n) is 8.45. The minimum Gasteiger partial charge on any atom is -0.425 e. The summed E-state index contributed by atoms with van der Waals surface area (Å²) >= 11 is 0. The molecule has 1 N–H and O–H groups in total. The number of hydrogen-bond acceptors (Lipinski definition) is 5. The van der Waals surface area contributed by atoms with Crippen molar-refractivity contribution in [2.24, 2.45) is 0 Å². The lowest BCUT2D eigenvalue weighted by atomic mass is 9.97. The number of nitrogens with one attached hydrogen (secondary N) is 1. The van der Waals surface area contributed by atoms with E-state index >= 15 is 0 Å². The highest BCUT2D eigenvalue weighted by Crippen LogP contribution is 2.28. The molecule has 3 rings (SSSR count). The lowest BCUT2D eigenvalue weighted by molar-refractivity contribution is -0.134. The third-order valence-electron chi connectivity index (χ3n) is 5.65. The lowest BCUT2D eigenvalue weighted by Crippen LogP contribution is -2.38. The molecule has 0 radical (unpaired) electrons. The highest BCUT2D eigenvalue weighted by Gasteiger charge is 2.20. The Kier molecular flexibility index (Phi) is 8.35. The van der Waals surface area contributed by atoms with Gasteiger partial charge in [-0.2, -0.15) is 0 Å². The number of benzene rings is 1. The van der Waals surface area contributed by atoms with Gasteiger partial charge in [0, 0.05) is 30.6 Å². The van der Waals surface area contributed by atoms with E-state index in [1.165, 1.54) is 16.8 Å². The first-order chi connectivity index (χ1) is 16.3. The van der Waals surface area contributed by atoms with Crippen LogP contribution >= 0.6 is 0 Å². The lowest BCUT2D eigenvalue weighted by Gasteiger charge is -2.19. The predicted octanol–water partition coefficient (Wildman–Crippen LogP) is 4.29. The Morgan fingerprint density at radius 2 is 1.82 bits per heavy atom. The van der Waals surface area contributed by atoms with Gasteiger partial charge in [-0.25, -0.2) is 0 Å². The smallest absolute Gasteiger partial charge is 0.313 e. The van der Waals surface area contributed by atoms with Crippen LogP contribution in [-0.4, -0.2) is 28.0 Å². The van der Waals surface area contributed by atoms with E-state index in [1.807, 2.05) is 45.9 Å². The van der Waals surface area contributed by atoms with Crippen LogP contribution in [0.15, 0.2) is 59.8 Å². The second kappa shape index (κ2) is 11.4. The second-order valence-corrected chi connectivity index (χ2v) is 8.45. The number of ether oxygens (including phenoxy) is 1. The first kappa shape index (κ1) is 24.9. The highest BCUT2D eigenvalue weighted by molar-refractivity contribution is 5.81. The molecule has 2 heterocycles. The van der Waals surface area contributed by atoms with Crippen LogP contribution < -0.4 is 15.6 Å². The molecule has 3 aromatic rings. The van der Waals surface area contributed by atoms with E-state index in [1.54, 1.807) is 24.5 Å². The van der Waals surface area contributed by atoms with Crippen molar-refractivity contribution in [3.8, 4) is 16.9 Å². The number of hydrogen-bond donors (Lipinski definition) is 1. The van der Waals surface area contributed by atoms with Crippen molar-refractivity contribution in [2.75, 3.05) is 6.54 Å². The number of carbonyl (C=O) groups excluding carboxylic acids is 2. The van der Waals surface area contributed by atoms with Crippen LogP contribution in [0.1, 0.15) is 48.9 Å². The summed E-state index contributed by atoms with van der Waals surface area (Å²) in [6.45, 7) is 7.96. The number of carbonyl (C=O) groups is 2. The summed E-state index contributed by atoms with van der Waals surface area (Å²) in [6, 6.07) is 10.5. The molecule has 34 heavy (non-hydrogen) atoms. The number of esters is 1. The average Bonchev–Trinajstić information content (AvgIpc) is 2.78. The fourth-order valence-corrected chi connectivity index (χ4v) is 3.99. The van der Waals surface area contributed by atoms with Gasteiger partial charge in [0.2, 0.25) is 5.91 Å². The van der Waals surface area contributed by atoms with E-state index in [9.17, 15) is 14.4 Å². The van der Waals surface area contributed by atoms with Gasteiger partial charge in [-0.1, -0.05) is 31.5 Å². The first-order valence-electron chi connectivity index (χ1n) is 11.5. The molecule has 1 amide bonds. The molecule has 1 unspecified atom stereocenters. The van der Waals surface area contributed by atoms with Gasteiger partial charge in [0.15, 0.2) is 0 Å². The number of nitrogens with zero attached hydrogens (tertiary/aromatic N) is 2. The summed E-state index contributed by atoms with van der Waals surface area (Å²) in [5.41, 5.74) is 4.79. The molecular weight excluding hydrogens is 430 g/mol. The predicted molar refractivity (Wildman–Crippen MR) is 132 cm³/mol. The summed E-state index contributed by atoms with van der Waals surface area (Å²) in [7, 11) is 0. The van der Waals surface area contributed by atoms with Crippen LogP contribution in [0.2, 0.25) is 0 Å². The topological polar surface area (TPSA) is 90.3 Å². The Morgan fingerprint density at radius 1 is 1.09 bits per heavy atom. The van der Waals surface area contributed by atoms with E-state index in [-0.39, 0.29) is 24.4 Å². The van der Waals surface area contributed by atoms with Gasteiger partial charge < -0.3 is 14.6 Å². The Morgan fingerprint density at radius 3 is 2.50 bits per heavy atom. The standard InChI is InChI=1S/C27H31N3O4/c1-5-7-23(30-13-11-18(2)14-24(30)31)27(33)29-12-10-25(32)34-22-15-21(16-28-17-22)26-19(3)8-6-9-20(26)4/h6,8-9,11,13-17,23H,5,7,10,12H2,1-4H3,(H,29,33). The quantitative estimate of drug-likeness (QED) is 0.480. The molecule has 178 valence electrons. The van der Waals surface area contributed by atoms with Crippen LogP contribution in [0.5, 0.6) is 5.75 Å². The molecule has 0 aliphatic rings. The minimum atomic E-state index is -0.618. The monoisotopic (exact) mass is 461 g/mol. The summed E-state index contributed by atoms with van der Waals surface area (Å²) in [6.07, 6.45) is 6.14. The number of aryl methyl sites for hydroxylation is 3. The molecule has 0 spiro atoms. The summed E-state index contributed by atoms with van der Waals surface area (Å²) in [4.78, 5) is 41.7. The van der Waals surface area contributed by atoms with Crippen molar-refractivity contribution in [1.29, 1.82) is 0 Å². The molecule has 0 aliphatic carbocycles. The van der Waals surface area contributed by atoms with E-state index in [0.717, 1.165) is 34.2 Å². The number of rotatable bonds is 9. The fraction of sp³-hybridized carbons (Fsp3) is 0.333. The van der Waals surface area contributed by atoms with E-state index in [0.29, 0.717) is 12.2 Å². The maximum Gasteiger partial charge on any atom is 0.313 e. The van der Waals surface area contributed by atoms with Crippen molar-refractivity contribution in [1.82, 2.24) is 14.9 Å². The van der Waals surface area contributed by atoms with Gasteiger partial charge in [-0.15, -0.1) is 0 Å². The Labute approximate surface area is 199 Å². The summed E-state index contributed by atoms with van der Waals surface area (Å²) in [5.74, 6) is -0.411. The molecule has 1 atom stereocenters. The zero-order valence-corrected chi connectivity index (χ0v) is 20.1. The van der Waals surface area contributed by atoms with Crippen LogP contribution in [0.25, 0.3) is 11.1 Å². The normalized spacial score (nSPS) is 11.6. The van der Waals surface area contributed by atoms with Gasteiger partial charge in [0.05, 0.1) is 12.6 Å². The molecule has 0 saturated carbocycles. The molecule has 1 aromatic carbocycles. The van der Waals surface area contributed by atoms with Crippen LogP contribution in [-0.2, 0) is 9.59 Å². The van der Waals surface area contributed by atoms with Gasteiger partial charge in [0.1, 0.15) is 11.8 Å². The number of aromatic nitrogens is 2. The van der Waals surface area contributed by atoms with E-state index in [4.69, 9.17) is 4.74 Å².